The van der Waals surface area contributed by atoms with Crippen LogP contribution in [-0.2, 0) is 6.54 Å². The summed E-state index contributed by atoms with van der Waals surface area (Å²) in [6.45, 7) is 6.67. The molecule has 0 unspecified atom stereocenters. The molecule has 0 aliphatic carbocycles. The Kier molecular flexibility index (Phi) is 10.1. The maximum Gasteiger partial charge on any atom is 0.251 e. The molecule has 1 aromatic rings. The number of benzene rings is 1. The number of rotatable bonds is 7. The fraction of sp³-hybridized carbons (Fsp3) is 0.571. The van der Waals surface area contributed by atoms with Gasteiger partial charge in [-0.15, -0.1) is 24.0 Å². The zero-order chi connectivity index (χ0) is 19.8. The molecule has 5 nitrogen and oxygen atoms in total. The highest BCUT2D eigenvalue weighted by Gasteiger charge is 2.21. The summed E-state index contributed by atoms with van der Waals surface area (Å²) in [5.41, 5.74) is 2.40. The number of anilines is 1. The number of nitrogens with zero attached hydrogens (tertiary/aromatic N) is 3. The van der Waals surface area contributed by atoms with Gasteiger partial charge in [-0.3, -0.25) is 4.90 Å². The number of likely N-dealkylation sites (tertiary alicyclic amines) is 1. The number of nitrogens with one attached hydrogen (secondary N) is 2. The predicted octanol–water partition coefficient (Wildman–Crippen LogP) is 3.47. The molecule has 2 aliphatic rings. The Labute approximate surface area is 189 Å². The van der Waals surface area contributed by atoms with E-state index in [4.69, 9.17) is 4.99 Å². The van der Waals surface area contributed by atoms with Gasteiger partial charge in [-0.25, -0.2) is 13.8 Å². The number of piperidine rings is 1. The largest absolute Gasteiger partial charge is 0.364 e. The molecule has 8 heteroatoms. The van der Waals surface area contributed by atoms with E-state index in [9.17, 15) is 8.78 Å². The molecule has 0 bridgehead atoms. The Bertz CT molecular complexity index is 650. The van der Waals surface area contributed by atoms with Crippen LogP contribution in [0.5, 0.6) is 0 Å². The Balaban J connectivity index is 0.00000300. The molecule has 1 saturated heterocycles. The summed E-state index contributed by atoms with van der Waals surface area (Å²) >= 11 is 0. The van der Waals surface area contributed by atoms with E-state index >= 15 is 0 Å². The maximum atomic E-state index is 12.5. The normalized spacial score (nSPS) is 18.2. The molecule has 2 aliphatic heterocycles. The van der Waals surface area contributed by atoms with Crippen molar-refractivity contribution < 1.29 is 8.78 Å². The quantitative estimate of drug-likeness (QED) is 0.251. The molecule has 2 heterocycles. The van der Waals surface area contributed by atoms with Crippen LogP contribution in [0.2, 0.25) is 0 Å². The van der Waals surface area contributed by atoms with Crippen LogP contribution >= 0.6 is 24.0 Å². The third-order valence-corrected chi connectivity index (χ3v) is 5.21. The highest BCUT2D eigenvalue weighted by atomic mass is 127. The zero-order valence-corrected chi connectivity index (χ0v) is 19.3. The van der Waals surface area contributed by atoms with Crippen molar-refractivity contribution in [3.05, 3.63) is 42.0 Å². The van der Waals surface area contributed by atoms with E-state index in [2.05, 4.69) is 52.0 Å². The van der Waals surface area contributed by atoms with Crippen LogP contribution in [0.3, 0.4) is 0 Å². The minimum absolute atomic E-state index is 0. The summed E-state index contributed by atoms with van der Waals surface area (Å²) in [5, 5.41) is 6.75. The Morgan fingerprint density at radius 2 is 1.79 bits per heavy atom. The molecule has 1 aromatic carbocycles. The minimum atomic E-state index is -2.25. The van der Waals surface area contributed by atoms with Crippen molar-refractivity contribution in [2.75, 3.05) is 44.2 Å². The molecule has 162 valence electrons. The number of halogens is 3. The monoisotopic (exact) mass is 519 g/mol. The SMILES string of the molecule is CCNC(=NCc1ccc(N2CC=CC2)cc1)NC1CCN(CC(F)F)CC1.I. The fourth-order valence-electron chi connectivity index (χ4n) is 3.64. The smallest absolute Gasteiger partial charge is 0.251 e. The lowest BCUT2D eigenvalue weighted by Gasteiger charge is -2.32. The molecule has 29 heavy (non-hydrogen) atoms. The predicted molar refractivity (Wildman–Crippen MR) is 127 cm³/mol. The Morgan fingerprint density at radius 1 is 1.14 bits per heavy atom. The van der Waals surface area contributed by atoms with Gasteiger partial charge in [-0.2, -0.15) is 0 Å². The van der Waals surface area contributed by atoms with Crippen molar-refractivity contribution in [3.8, 4) is 0 Å². The maximum absolute atomic E-state index is 12.5. The van der Waals surface area contributed by atoms with E-state index in [0.29, 0.717) is 19.6 Å². The molecule has 2 N–H and O–H groups in total. The first kappa shape index (κ1) is 23.9. The van der Waals surface area contributed by atoms with E-state index in [0.717, 1.165) is 38.4 Å². The molecular weight excluding hydrogens is 487 g/mol. The first-order chi connectivity index (χ1) is 13.6. The molecule has 0 aromatic heterocycles. The zero-order valence-electron chi connectivity index (χ0n) is 17.0. The summed E-state index contributed by atoms with van der Waals surface area (Å²) in [6, 6.07) is 8.83. The van der Waals surface area contributed by atoms with Gasteiger partial charge in [-0.05, 0) is 37.5 Å². The van der Waals surface area contributed by atoms with Crippen molar-refractivity contribution in [1.82, 2.24) is 15.5 Å². The highest BCUT2D eigenvalue weighted by molar-refractivity contribution is 14.0. The molecule has 1 fully saturated rings. The van der Waals surface area contributed by atoms with Crippen LogP contribution in [-0.4, -0.2) is 62.6 Å². The molecular formula is C21H32F2IN5. The third kappa shape index (κ3) is 7.73. The van der Waals surface area contributed by atoms with E-state index in [-0.39, 0.29) is 36.6 Å². The Hall–Kier alpha value is -1.42. The van der Waals surface area contributed by atoms with Gasteiger partial charge in [0.1, 0.15) is 0 Å². The van der Waals surface area contributed by atoms with Crippen LogP contribution in [0.15, 0.2) is 41.4 Å². The topological polar surface area (TPSA) is 42.9 Å². The summed E-state index contributed by atoms with van der Waals surface area (Å²) in [5.74, 6) is 0.794. The first-order valence-electron chi connectivity index (χ1n) is 10.2. The van der Waals surface area contributed by atoms with Crippen LogP contribution in [0.25, 0.3) is 0 Å². The van der Waals surface area contributed by atoms with Crippen molar-refractivity contribution in [2.45, 2.75) is 38.8 Å². The number of hydrogen-bond acceptors (Lipinski definition) is 3. The lowest BCUT2D eigenvalue weighted by atomic mass is 10.1. The van der Waals surface area contributed by atoms with Gasteiger partial charge in [0.15, 0.2) is 5.96 Å². The second-order valence-corrected chi connectivity index (χ2v) is 7.35. The van der Waals surface area contributed by atoms with E-state index in [1.165, 1.54) is 11.3 Å². The fourth-order valence-corrected chi connectivity index (χ4v) is 3.64. The van der Waals surface area contributed by atoms with Gasteiger partial charge in [0.25, 0.3) is 6.43 Å². The van der Waals surface area contributed by atoms with Crippen molar-refractivity contribution in [1.29, 1.82) is 0 Å². The molecule has 0 spiro atoms. The van der Waals surface area contributed by atoms with Gasteiger partial charge in [0.2, 0.25) is 0 Å². The van der Waals surface area contributed by atoms with Crippen molar-refractivity contribution in [2.24, 2.45) is 4.99 Å². The number of alkyl halides is 2. The average Bonchev–Trinajstić information content (AvgIpc) is 3.23. The summed E-state index contributed by atoms with van der Waals surface area (Å²) in [6.07, 6.45) is 3.83. The average molecular weight is 519 g/mol. The summed E-state index contributed by atoms with van der Waals surface area (Å²) in [4.78, 5) is 8.86. The second kappa shape index (κ2) is 12.3. The van der Waals surface area contributed by atoms with Crippen molar-refractivity contribution >= 4 is 35.6 Å². The minimum Gasteiger partial charge on any atom is -0.364 e. The van der Waals surface area contributed by atoms with Crippen LogP contribution < -0.4 is 15.5 Å². The van der Waals surface area contributed by atoms with E-state index in [1.807, 2.05) is 11.8 Å². The van der Waals surface area contributed by atoms with Crippen LogP contribution in [0, 0.1) is 0 Å². The lowest BCUT2D eigenvalue weighted by molar-refractivity contribution is 0.0744. The van der Waals surface area contributed by atoms with E-state index < -0.39 is 6.43 Å². The van der Waals surface area contributed by atoms with Crippen LogP contribution in [0.4, 0.5) is 14.5 Å². The van der Waals surface area contributed by atoms with Gasteiger partial charge in [0, 0.05) is 44.5 Å². The van der Waals surface area contributed by atoms with Gasteiger partial charge in [-0.1, -0.05) is 24.3 Å². The first-order valence-corrected chi connectivity index (χ1v) is 10.2. The lowest BCUT2D eigenvalue weighted by Crippen LogP contribution is -2.49. The molecule has 0 amide bonds. The molecule has 3 rings (SSSR count). The van der Waals surface area contributed by atoms with Gasteiger partial charge in [0.05, 0.1) is 13.1 Å². The summed E-state index contributed by atoms with van der Waals surface area (Å²) in [7, 11) is 0. The molecule has 0 atom stereocenters. The number of guanidine groups is 1. The van der Waals surface area contributed by atoms with E-state index in [1.54, 1.807) is 0 Å². The Morgan fingerprint density at radius 3 is 2.38 bits per heavy atom. The van der Waals surface area contributed by atoms with Gasteiger partial charge >= 0.3 is 0 Å². The van der Waals surface area contributed by atoms with Crippen LogP contribution in [0.1, 0.15) is 25.3 Å². The second-order valence-electron chi connectivity index (χ2n) is 7.35. The van der Waals surface area contributed by atoms with Gasteiger partial charge < -0.3 is 15.5 Å². The number of hydrogen-bond donors (Lipinski definition) is 2. The standard InChI is InChI=1S/C21H31F2N5.HI/c1-2-24-21(26-18-9-13-27(14-10-18)16-20(22)23)25-15-17-5-7-19(8-6-17)28-11-3-4-12-28;/h3-8,18,20H,2,9-16H2,1H3,(H2,24,25,26);1H. The number of aliphatic imine (C=N–C) groups is 1. The summed E-state index contributed by atoms with van der Waals surface area (Å²) < 4.78 is 25.0. The third-order valence-electron chi connectivity index (χ3n) is 5.21. The highest BCUT2D eigenvalue weighted by Crippen LogP contribution is 2.18. The molecule has 0 radical (unpaired) electrons. The molecule has 0 saturated carbocycles. The van der Waals surface area contributed by atoms with Crippen molar-refractivity contribution in [3.63, 3.8) is 0 Å².